The molecule has 361 valence electrons. The maximum Gasteiger partial charge on any atom is 0.488 e. The van der Waals surface area contributed by atoms with Gasteiger partial charge in [0.1, 0.15) is 17.2 Å². The van der Waals surface area contributed by atoms with Gasteiger partial charge in [0.2, 0.25) is 12.2 Å². The van der Waals surface area contributed by atoms with E-state index in [1.807, 2.05) is 42.5 Å². The lowest BCUT2D eigenvalue weighted by Crippen LogP contribution is -2.29. The fourth-order valence-corrected chi connectivity index (χ4v) is 6.47. The minimum Gasteiger partial charge on any atom is -0.497 e. The number of aliphatic carboxylic acids is 2. The molecule has 7 rings (SSSR count). The lowest BCUT2D eigenvalue weighted by Gasteiger charge is -2.18. The zero-order chi connectivity index (χ0) is 51.2. The van der Waals surface area contributed by atoms with Crippen LogP contribution in [-0.2, 0) is 14.4 Å². The molecule has 0 aliphatic rings. The minimum absolute atomic E-state index is 0. The number of carbonyl (C=O) groups is 6. The number of carbonyl (C=O) groups excluding carboxylic acids is 4. The Balaban J connectivity index is 0.000000323. The third kappa shape index (κ3) is 17.8. The number of hydrogen-bond acceptors (Lipinski definition) is 13. The average Bonchev–Trinajstić information content (AvgIpc) is 3.74. The molecule has 0 aliphatic heterocycles. The summed E-state index contributed by atoms with van der Waals surface area (Å²) in [5.74, 6) is -0.394. The molecule has 6 aromatic carbocycles. The van der Waals surface area contributed by atoms with Crippen LogP contribution in [0.25, 0.3) is 22.2 Å². The van der Waals surface area contributed by atoms with E-state index >= 15 is 0 Å². The third-order valence-corrected chi connectivity index (χ3v) is 10.00. The molecule has 0 saturated heterocycles. The van der Waals surface area contributed by atoms with E-state index in [-0.39, 0.29) is 20.6 Å². The Labute approximate surface area is 419 Å². The maximum atomic E-state index is 12.0. The Hall–Kier alpha value is -7.60. The van der Waals surface area contributed by atoms with Crippen LogP contribution < -0.4 is 30.7 Å². The molecule has 7 aromatic rings. The van der Waals surface area contributed by atoms with Gasteiger partial charge in [0.25, 0.3) is 0 Å². The third-order valence-electron chi connectivity index (χ3n) is 9.29. The van der Waals surface area contributed by atoms with E-state index in [0.29, 0.717) is 72.7 Å². The number of rotatable bonds is 12. The molecule has 21 heteroatoms. The first-order chi connectivity index (χ1) is 32.9. The van der Waals surface area contributed by atoms with E-state index in [1.54, 1.807) is 105 Å². The Morgan fingerprint density at radius 3 is 1.56 bits per heavy atom. The van der Waals surface area contributed by atoms with E-state index in [0.717, 1.165) is 27.9 Å². The number of aromatic nitrogens is 1. The van der Waals surface area contributed by atoms with Crippen molar-refractivity contribution in [2.75, 3.05) is 32.4 Å². The molecule has 0 amide bonds. The molecule has 16 nitrogen and oxygen atoms in total. The van der Waals surface area contributed by atoms with Gasteiger partial charge in [0.15, 0.2) is 18.6 Å². The Morgan fingerprint density at radius 2 is 1.11 bits per heavy atom. The van der Waals surface area contributed by atoms with Crippen molar-refractivity contribution in [3.63, 3.8) is 0 Å². The number of ether oxygens (including phenoxy) is 3. The molecular formula is C49H45B2Cl3N3O13. The molecule has 7 N–H and O–H groups in total. The number of halogens is 3. The van der Waals surface area contributed by atoms with Crippen LogP contribution in [0.1, 0.15) is 44.0 Å². The molecular weight excluding hydrogens is 967 g/mol. The van der Waals surface area contributed by atoms with Crippen LogP contribution in [0.3, 0.4) is 0 Å². The summed E-state index contributed by atoms with van der Waals surface area (Å²) in [6.07, 6.45) is 1.14. The summed E-state index contributed by atoms with van der Waals surface area (Å²) in [6, 6.07) is 36.8. The quantitative estimate of drug-likeness (QED) is 0.0293. The normalized spacial score (nSPS) is 10.1. The molecule has 0 bridgehead atoms. The van der Waals surface area contributed by atoms with Gasteiger partial charge in [-0.15, -0.1) is 0 Å². The molecule has 1 atom stereocenters. The molecule has 3 radical (unpaired) electrons. The van der Waals surface area contributed by atoms with Crippen molar-refractivity contribution >= 4 is 115 Å². The van der Waals surface area contributed by atoms with Gasteiger partial charge >= 0.3 is 19.1 Å². The standard InChI is InChI=1S/C17H14ClNO2.C16H14ClNO4.C7H9BO3.C7H6ClNO.C2H2O3.B/c1-11(20)19-16-8-5-14(18)9-13(16)10-17(19)12-3-6-15(21-2)7-4-12;1-22-13-5-2-10(3-6-13)15(16(20)21)18-14-7-4-12(17)8-11(14)9-19;1-11-7-4-2-6(3-5-7)8(9)10;8-6-1-2-7(9)5(3-6)4-10;3-1-2(4)5;/h3-10H,1-2H3;2-9,15,18H,1H3,(H,20,21);2-5,9-10H,1H3;1-4H,9H2;1H,(H,4,5);. The van der Waals surface area contributed by atoms with Crippen LogP contribution in [0.15, 0.2) is 133 Å². The molecule has 0 aliphatic carbocycles. The van der Waals surface area contributed by atoms with E-state index < -0.39 is 25.1 Å². The van der Waals surface area contributed by atoms with Crippen LogP contribution in [0.4, 0.5) is 11.4 Å². The van der Waals surface area contributed by atoms with Gasteiger partial charge < -0.3 is 45.5 Å². The molecule has 1 aromatic heterocycles. The van der Waals surface area contributed by atoms with Crippen LogP contribution in [0, 0.1) is 0 Å². The van der Waals surface area contributed by atoms with Crippen molar-refractivity contribution in [1.82, 2.24) is 4.57 Å². The highest BCUT2D eigenvalue weighted by Gasteiger charge is 2.21. The second-order valence-corrected chi connectivity index (χ2v) is 15.2. The summed E-state index contributed by atoms with van der Waals surface area (Å²) in [7, 11) is 3.32. The fraction of sp³-hybridized carbons (Fsp3) is 0.102. The number of aldehydes is 3. The molecule has 0 spiro atoms. The predicted molar refractivity (Wildman–Crippen MR) is 273 cm³/mol. The minimum atomic E-state index is -1.43. The van der Waals surface area contributed by atoms with Gasteiger partial charge in [-0.3, -0.25) is 23.7 Å². The number of carboxylic acids is 2. The van der Waals surface area contributed by atoms with Gasteiger partial charge in [-0.25, -0.2) is 9.59 Å². The average molecular weight is 1010 g/mol. The molecule has 1 heterocycles. The second kappa shape index (κ2) is 29.3. The molecule has 0 saturated carbocycles. The van der Waals surface area contributed by atoms with Crippen molar-refractivity contribution in [3.05, 3.63) is 165 Å². The number of nitrogens with one attached hydrogen (secondary N) is 1. The SMILES string of the molecule is COc1ccc(-c2cc3cc(Cl)ccc3n2C(C)=O)cc1.COc1ccc(B(O)O)cc1.COc1ccc(C(Nc2ccc(Cl)cc2C=O)C(=O)O)cc1.Nc1ccc(Cl)cc1C=O.O=CC(=O)O.[B]. The summed E-state index contributed by atoms with van der Waals surface area (Å²) in [6.45, 7) is 1.56. The number of anilines is 2. The summed E-state index contributed by atoms with van der Waals surface area (Å²) in [5.41, 5.74) is 10.7. The maximum absolute atomic E-state index is 12.0. The molecule has 70 heavy (non-hydrogen) atoms. The van der Waals surface area contributed by atoms with E-state index in [1.165, 1.54) is 19.2 Å². The van der Waals surface area contributed by atoms with Crippen LogP contribution in [0.5, 0.6) is 17.2 Å². The Kier molecular flexibility index (Phi) is 24.5. The number of carboxylic acid groups (broad SMARTS) is 2. The smallest absolute Gasteiger partial charge is 0.488 e. The van der Waals surface area contributed by atoms with Gasteiger partial charge in [-0.2, -0.15) is 0 Å². The monoisotopic (exact) mass is 1010 g/mol. The highest BCUT2D eigenvalue weighted by atomic mass is 35.5. The highest BCUT2D eigenvalue weighted by Crippen LogP contribution is 2.31. The summed E-state index contributed by atoms with van der Waals surface area (Å²) < 4.78 is 16.8. The first kappa shape index (κ1) is 58.5. The topological polar surface area (TPSA) is 254 Å². The fourth-order valence-electron chi connectivity index (χ4n) is 5.93. The van der Waals surface area contributed by atoms with Gasteiger partial charge in [0.05, 0.1) is 32.5 Å². The molecule has 1 unspecified atom stereocenters. The zero-order valence-corrected chi connectivity index (χ0v) is 40.1. The van der Waals surface area contributed by atoms with Crippen molar-refractivity contribution in [1.29, 1.82) is 0 Å². The predicted octanol–water partition coefficient (Wildman–Crippen LogP) is 8.03. The Morgan fingerprint density at radius 1 is 0.657 bits per heavy atom. The lowest BCUT2D eigenvalue weighted by atomic mass is 9.80. The lowest BCUT2D eigenvalue weighted by molar-refractivity contribution is -0.143. The van der Waals surface area contributed by atoms with Crippen molar-refractivity contribution in [3.8, 4) is 28.5 Å². The zero-order valence-electron chi connectivity index (χ0n) is 37.8. The molecule has 0 fully saturated rings. The van der Waals surface area contributed by atoms with Crippen molar-refractivity contribution in [2.24, 2.45) is 0 Å². The van der Waals surface area contributed by atoms with E-state index in [9.17, 15) is 24.3 Å². The van der Waals surface area contributed by atoms with Crippen LogP contribution in [0.2, 0.25) is 15.1 Å². The number of nitrogen functional groups attached to an aromatic ring is 1. The van der Waals surface area contributed by atoms with Crippen LogP contribution >= 0.6 is 34.8 Å². The second-order valence-electron chi connectivity index (χ2n) is 13.8. The van der Waals surface area contributed by atoms with E-state index in [2.05, 4.69) is 5.32 Å². The van der Waals surface area contributed by atoms with E-state index in [4.69, 9.17) is 79.5 Å². The highest BCUT2D eigenvalue weighted by molar-refractivity contribution is 6.58. The van der Waals surface area contributed by atoms with Gasteiger partial charge in [-0.05, 0) is 126 Å². The summed E-state index contributed by atoms with van der Waals surface area (Å²) >= 11 is 17.4. The Bertz CT molecular complexity index is 2850. The number of benzene rings is 6. The van der Waals surface area contributed by atoms with Gasteiger partial charge in [-0.1, -0.05) is 59.1 Å². The number of hydrogen-bond donors (Lipinski definition) is 6. The first-order valence-corrected chi connectivity index (χ1v) is 21.1. The number of nitrogens with two attached hydrogens (primary N) is 1. The summed E-state index contributed by atoms with van der Waals surface area (Å²) in [4.78, 5) is 62.8. The van der Waals surface area contributed by atoms with Crippen molar-refractivity contribution < 1.29 is 63.2 Å². The van der Waals surface area contributed by atoms with Gasteiger partial charge in [0, 0.05) is 58.3 Å². The number of methoxy groups -OCH3 is 3. The first-order valence-electron chi connectivity index (χ1n) is 19.9. The number of nitrogens with zero attached hydrogens (tertiary/aromatic N) is 1. The largest absolute Gasteiger partial charge is 0.497 e. The number of fused-ring (bicyclic) bond motifs is 1. The summed E-state index contributed by atoms with van der Waals surface area (Å²) in [5, 5.41) is 39.6. The van der Waals surface area contributed by atoms with Crippen LogP contribution in [-0.4, -0.2) is 98.4 Å². The van der Waals surface area contributed by atoms with Crippen molar-refractivity contribution in [2.45, 2.75) is 13.0 Å².